The van der Waals surface area contributed by atoms with Crippen molar-refractivity contribution in [1.82, 2.24) is 4.90 Å². The quantitative estimate of drug-likeness (QED) is 0.817. The number of rotatable bonds is 4. The molecule has 1 aromatic carbocycles. The van der Waals surface area contributed by atoms with Crippen LogP contribution in [0, 0.1) is 6.92 Å². The second-order valence-electron chi connectivity index (χ2n) is 4.94. The van der Waals surface area contributed by atoms with Gasteiger partial charge in [0.25, 0.3) is 0 Å². The molecule has 0 aromatic heterocycles. The minimum absolute atomic E-state index is 0.374. The third-order valence-corrected chi connectivity index (χ3v) is 3.01. The van der Waals surface area contributed by atoms with E-state index in [0.717, 1.165) is 22.4 Å². The highest BCUT2D eigenvalue weighted by atomic mass is 16.5. The third kappa shape index (κ3) is 2.99. The molecule has 0 spiro atoms. The predicted molar refractivity (Wildman–Crippen MR) is 70.5 cm³/mol. The van der Waals surface area contributed by atoms with E-state index in [1.165, 1.54) is 0 Å². The van der Waals surface area contributed by atoms with Crippen LogP contribution in [0.15, 0.2) is 12.1 Å². The minimum atomic E-state index is -0.571. The van der Waals surface area contributed by atoms with Crippen LogP contribution in [0.25, 0.3) is 0 Å². The third-order valence-electron chi connectivity index (χ3n) is 3.01. The first-order chi connectivity index (χ1) is 7.88. The van der Waals surface area contributed by atoms with Crippen molar-refractivity contribution in [2.24, 2.45) is 0 Å². The maximum Gasteiger partial charge on any atom is 0.133 e. The van der Waals surface area contributed by atoms with Gasteiger partial charge in [-0.05, 0) is 55.8 Å². The molecule has 1 aromatic rings. The molecule has 3 nitrogen and oxygen atoms in total. The van der Waals surface area contributed by atoms with Crippen molar-refractivity contribution < 1.29 is 9.84 Å². The first kappa shape index (κ1) is 14.0. The molecule has 1 N–H and O–H groups in total. The van der Waals surface area contributed by atoms with Gasteiger partial charge in [-0.25, -0.2) is 0 Å². The maximum atomic E-state index is 10.1. The Morgan fingerprint density at radius 1 is 1.18 bits per heavy atom. The maximum absolute atomic E-state index is 10.1. The number of hydrogen-bond acceptors (Lipinski definition) is 3. The van der Waals surface area contributed by atoms with Gasteiger partial charge in [0.2, 0.25) is 0 Å². The number of nitrogens with zero attached hydrogens (tertiary/aromatic N) is 1. The van der Waals surface area contributed by atoms with E-state index in [1.807, 2.05) is 33.2 Å². The summed E-state index contributed by atoms with van der Waals surface area (Å²) in [6, 6.07) is 4.04. The molecule has 17 heavy (non-hydrogen) atoms. The van der Waals surface area contributed by atoms with Crippen molar-refractivity contribution in [2.75, 3.05) is 21.2 Å². The summed E-state index contributed by atoms with van der Waals surface area (Å²) < 4.78 is 5.39. The average Bonchev–Trinajstić information content (AvgIpc) is 2.27. The van der Waals surface area contributed by atoms with Crippen molar-refractivity contribution in [2.45, 2.75) is 32.9 Å². The van der Waals surface area contributed by atoms with Gasteiger partial charge >= 0.3 is 0 Å². The lowest BCUT2D eigenvalue weighted by Gasteiger charge is -2.23. The molecule has 1 rings (SSSR count). The summed E-state index contributed by atoms with van der Waals surface area (Å²) in [4.78, 5) is 1.79. The van der Waals surface area contributed by atoms with E-state index in [4.69, 9.17) is 4.74 Å². The van der Waals surface area contributed by atoms with Crippen LogP contribution in [0.1, 0.15) is 42.7 Å². The van der Waals surface area contributed by atoms with E-state index in [1.54, 1.807) is 12.0 Å². The highest BCUT2D eigenvalue weighted by Gasteiger charge is 2.17. The number of hydrogen-bond donors (Lipinski definition) is 1. The molecule has 3 heteroatoms. The molecular weight excluding hydrogens is 214 g/mol. The number of aliphatic hydroxyl groups excluding tert-OH is 1. The first-order valence-electron chi connectivity index (χ1n) is 5.91. The van der Waals surface area contributed by atoms with Crippen molar-refractivity contribution >= 4 is 0 Å². The monoisotopic (exact) mass is 237 g/mol. The van der Waals surface area contributed by atoms with Crippen LogP contribution in [-0.4, -0.2) is 31.2 Å². The largest absolute Gasteiger partial charge is 0.496 e. The van der Waals surface area contributed by atoms with Gasteiger partial charge in [-0.3, -0.25) is 4.90 Å². The zero-order valence-corrected chi connectivity index (χ0v) is 11.6. The Hall–Kier alpha value is -1.06. The lowest BCUT2D eigenvalue weighted by Crippen LogP contribution is -2.20. The van der Waals surface area contributed by atoms with E-state index in [-0.39, 0.29) is 0 Å². The number of aliphatic hydroxyl groups is 1. The summed E-state index contributed by atoms with van der Waals surface area (Å²) in [5.41, 5.74) is 3.13. The molecule has 1 atom stereocenters. The molecule has 0 aliphatic rings. The zero-order chi connectivity index (χ0) is 13.2. The standard InChI is InChI=1S/C14H23NO2/c1-9(2)11-8-12(14(16)15(4)5)10(3)7-13(11)17-6/h7-9,14,16H,1-6H3. The van der Waals surface area contributed by atoms with Crippen LogP contribution in [0.3, 0.4) is 0 Å². The van der Waals surface area contributed by atoms with Crippen molar-refractivity contribution in [3.05, 3.63) is 28.8 Å². The normalized spacial score (nSPS) is 13.2. The highest BCUT2D eigenvalue weighted by molar-refractivity contribution is 5.44. The predicted octanol–water partition coefficient (Wildman–Crippen LogP) is 2.68. The molecule has 0 radical (unpaired) electrons. The van der Waals surface area contributed by atoms with Gasteiger partial charge < -0.3 is 9.84 Å². The molecule has 0 bridgehead atoms. The molecule has 0 saturated heterocycles. The molecule has 0 aliphatic heterocycles. The Morgan fingerprint density at radius 3 is 2.18 bits per heavy atom. The van der Waals surface area contributed by atoms with Gasteiger partial charge in [-0.15, -0.1) is 0 Å². The van der Waals surface area contributed by atoms with E-state index in [0.29, 0.717) is 5.92 Å². The summed E-state index contributed by atoms with van der Waals surface area (Å²) >= 11 is 0. The number of aryl methyl sites for hydroxylation is 1. The topological polar surface area (TPSA) is 32.7 Å². The molecule has 0 heterocycles. The van der Waals surface area contributed by atoms with E-state index >= 15 is 0 Å². The molecule has 0 amide bonds. The summed E-state index contributed by atoms with van der Waals surface area (Å²) in [7, 11) is 5.41. The summed E-state index contributed by atoms with van der Waals surface area (Å²) in [6.45, 7) is 6.24. The molecular formula is C14H23NO2. The van der Waals surface area contributed by atoms with E-state index in [2.05, 4.69) is 13.8 Å². The Morgan fingerprint density at radius 2 is 1.76 bits per heavy atom. The second-order valence-corrected chi connectivity index (χ2v) is 4.94. The van der Waals surface area contributed by atoms with E-state index in [9.17, 15) is 5.11 Å². The number of ether oxygens (including phenoxy) is 1. The van der Waals surface area contributed by atoms with Crippen molar-refractivity contribution in [3.8, 4) is 5.75 Å². The fourth-order valence-corrected chi connectivity index (χ4v) is 1.90. The van der Waals surface area contributed by atoms with Crippen LogP contribution >= 0.6 is 0 Å². The van der Waals surface area contributed by atoms with Crippen LogP contribution in [0.2, 0.25) is 0 Å². The fourth-order valence-electron chi connectivity index (χ4n) is 1.90. The van der Waals surface area contributed by atoms with Gasteiger partial charge in [-0.2, -0.15) is 0 Å². The van der Waals surface area contributed by atoms with Crippen LogP contribution in [-0.2, 0) is 0 Å². The van der Waals surface area contributed by atoms with Crippen LogP contribution < -0.4 is 4.74 Å². The Kier molecular flexibility index (Phi) is 4.54. The molecule has 0 fully saturated rings. The van der Waals surface area contributed by atoms with Gasteiger partial charge in [-0.1, -0.05) is 13.8 Å². The fraction of sp³-hybridized carbons (Fsp3) is 0.571. The summed E-state index contributed by atoms with van der Waals surface area (Å²) in [6.07, 6.45) is -0.571. The van der Waals surface area contributed by atoms with Gasteiger partial charge in [0.1, 0.15) is 12.0 Å². The highest BCUT2D eigenvalue weighted by Crippen LogP contribution is 2.32. The SMILES string of the molecule is COc1cc(C)c(C(O)N(C)C)cc1C(C)C. The van der Waals surface area contributed by atoms with Crippen molar-refractivity contribution in [3.63, 3.8) is 0 Å². The molecule has 96 valence electrons. The second kappa shape index (κ2) is 5.52. The van der Waals surface area contributed by atoms with Crippen molar-refractivity contribution in [1.29, 1.82) is 0 Å². The Bertz CT molecular complexity index is 386. The van der Waals surface area contributed by atoms with Crippen LogP contribution in [0.4, 0.5) is 0 Å². The number of methoxy groups -OCH3 is 1. The van der Waals surface area contributed by atoms with E-state index < -0.39 is 6.23 Å². The van der Waals surface area contributed by atoms with Gasteiger partial charge in [0.05, 0.1) is 7.11 Å². The number of benzene rings is 1. The zero-order valence-electron chi connectivity index (χ0n) is 11.6. The van der Waals surface area contributed by atoms with Gasteiger partial charge in [0, 0.05) is 0 Å². The Balaban J connectivity index is 3.29. The Labute approximate surface area is 104 Å². The van der Waals surface area contributed by atoms with Gasteiger partial charge in [0.15, 0.2) is 0 Å². The lowest BCUT2D eigenvalue weighted by molar-refractivity contribution is 0.0389. The smallest absolute Gasteiger partial charge is 0.133 e. The minimum Gasteiger partial charge on any atom is -0.496 e. The average molecular weight is 237 g/mol. The first-order valence-corrected chi connectivity index (χ1v) is 5.91. The summed E-state index contributed by atoms with van der Waals surface area (Å²) in [5.74, 6) is 1.27. The molecule has 0 aliphatic carbocycles. The molecule has 1 unspecified atom stereocenters. The lowest BCUT2D eigenvalue weighted by atomic mass is 9.95. The molecule has 0 saturated carbocycles. The van der Waals surface area contributed by atoms with Crippen LogP contribution in [0.5, 0.6) is 5.75 Å². The summed E-state index contributed by atoms with van der Waals surface area (Å²) in [5, 5.41) is 10.1.